The van der Waals surface area contributed by atoms with Crippen LogP contribution in [-0.4, -0.2) is 43.0 Å². The third-order valence-electron chi connectivity index (χ3n) is 2.05. The summed E-state index contributed by atoms with van der Waals surface area (Å²) >= 11 is 0. The van der Waals surface area contributed by atoms with Crippen molar-refractivity contribution >= 4 is 6.34 Å². The van der Waals surface area contributed by atoms with Crippen molar-refractivity contribution in [2.24, 2.45) is 4.99 Å². The zero-order chi connectivity index (χ0) is 11.2. The number of likely N-dealkylation sites (N-methyl/N-ethyl adjacent to an activating group) is 1. The van der Waals surface area contributed by atoms with Gasteiger partial charge in [0.05, 0.1) is 12.9 Å². The van der Waals surface area contributed by atoms with Crippen LogP contribution >= 0.6 is 0 Å². The molecular weight excluding hydrogens is 174 g/mol. The van der Waals surface area contributed by atoms with Crippen molar-refractivity contribution in [3.05, 3.63) is 0 Å². The van der Waals surface area contributed by atoms with Crippen LogP contribution in [0.1, 0.15) is 34.6 Å². The molecule has 0 aliphatic heterocycles. The number of nitrogens with zero attached hydrogens (tertiary/aromatic N) is 2. The van der Waals surface area contributed by atoms with E-state index in [0.717, 1.165) is 13.1 Å². The molecule has 0 aromatic heterocycles. The maximum Gasteiger partial charge on any atom is 0.0828 e. The van der Waals surface area contributed by atoms with E-state index >= 15 is 0 Å². The average molecular weight is 199 g/mol. The van der Waals surface area contributed by atoms with Crippen LogP contribution in [0, 0.1) is 0 Å². The first-order valence-corrected chi connectivity index (χ1v) is 5.29. The summed E-state index contributed by atoms with van der Waals surface area (Å²) in [5, 5.41) is 3.21. The molecule has 0 rings (SSSR count). The monoisotopic (exact) mass is 199 g/mol. The van der Waals surface area contributed by atoms with Crippen molar-refractivity contribution in [1.82, 2.24) is 10.2 Å². The number of nitrogens with one attached hydrogen (secondary N) is 1. The van der Waals surface area contributed by atoms with Crippen LogP contribution < -0.4 is 5.32 Å². The Morgan fingerprint density at radius 2 is 1.93 bits per heavy atom. The summed E-state index contributed by atoms with van der Waals surface area (Å²) in [6, 6.07) is 0.598. The molecule has 0 fully saturated rings. The standard InChI is InChI=1S/C11H25N3/c1-10(2)14(6)8-7-12-9-13-11(3,4)5/h9-10H,7-8H2,1-6H3,(H,12,13). The average Bonchev–Trinajstić information content (AvgIpc) is 2.01. The molecule has 14 heavy (non-hydrogen) atoms. The lowest BCUT2D eigenvalue weighted by Gasteiger charge is -2.20. The van der Waals surface area contributed by atoms with Crippen molar-refractivity contribution < 1.29 is 0 Å². The van der Waals surface area contributed by atoms with Gasteiger partial charge in [-0.3, -0.25) is 4.99 Å². The van der Waals surface area contributed by atoms with E-state index < -0.39 is 0 Å². The molecule has 0 aromatic carbocycles. The molecule has 0 atom stereocenters. The Bertz CT molecular complexity index is 168. The minimum Gasteiger partial charge on any atom is -0.372 e. The van der Waals surface area contributed by atoms with Gasteiger partial charge < -0.3 is 10.2 Å². The zero-order valence-corrected chi connectivity index (χ0v) is 10.5. The Morgan fingerprint density at radius 3 is 2.36 bits per heavy atom. The summed E-state index contributed by atoms with van der Waals surface area (Å²) in [6.45, 7) is 12.6. The van der Waals surface area contributed by atoms with Crippen LogP contribution in [0.25, 0.3) is 0 Å². The largest absolute Gasteiger partial charge is 0.372 e. The van der Waals surface area contributed by atoms with Gasteiger partial charge in [0.2, 0.25) is 0 Å². The minimum absolute atomic E-state index is 0.119. The highest BCUT2D eigenvalue weighted by Crippen LogP contribution is 1.95. The Kier molecular flexibility index (Phi) is 5.77. The fraction of sp³-hybridized carbons (Fsp3) is 0.909. The van der Waals surface area contributed by atoms with Gasteiger partial charge >= 0.3 is 0 Å². The third kappa shape index (κ3) is 8.05. The van der Waals surface area contributed by atoms with Crippen LogP contribution in [0.5, 0.6) is 0 Å². The maximum atomic E-state index is 4.30. The van der Waals surface area contributed by atoms with Gasteiger partial charge in [-0.2, -0.15) is 0 Å². The van der Waals surface area contributed by atoms with E-state index in [1.54, 1.807) is 0 Å². The Morgan fingerprint density at radius 1 is 1.36 bits per heavy atom. The molecule has 0 aliphatic rings. The number of hydrogen-bond acceptors (Lipinski definition) is 2. The SMILES string of the molecule is CC(C)N(C)CCN=CNC(C)(C)C. The number of rotatable bonds is 5. The molecule has 0 aliphatic carbocycles. The second-order valence-corrected chi connectivity index (χ2v) is 5.00. The number of aliphatic imine (C=N–C) groups is 1. The molecule has 0 spiro atoms. The zero-order valence-electron chi connectivity index (χ0n) is 10.5. The van der Waals surface area contributed by atoms with Gasteiger partial charge in [-0.15, -0.1) is 0 Å². The van der Waals surface area contributed by atoms with E-state index in [0.29, 0.717) is 6.04 Å². The summed E-state index contributed by atoms with van der Waals surface area (Å²) in [6.07, 6.45) is 1.81. The van der Waals surface area contributed by atoms with Crippen LogP contribution in [-0.2, 0) is 0 Å². The van der Waals surface area contributed by atoms with Crippen molar-refractivity contribution in [3.63, 3.8) is 0 Å². The Balaban J connectivity index is 3.54. The van der Waals surface area contributed by atoms with Gasteiger partial charge in [0.25, 0.3) is 0 Å². The molecule has 0 bridgehead atoms. The van der Waals surface area contributed by atoms with E-state index in [1.807, 2.05) is 6.34 Å². The summed E-state index contributed by atoms with van der Waals surface area (Å²) in [4.78, 5) is 6.59. The predicted molar refractivity (Wildman–Crippen MR) is 64.0 cm³/mol. The summed E-state index contributed by atoms with van der Waals surface area (Å²) in [5.74, 6) is 0. The lowest BCUT2D eigenvalue weighted by Crippen LogP contribution is -2.35. The van der Waals surface area contributed by atoms with E-state index in [-0.39, 0.29) is 5.54 Å². The van der Waals surface area contributed by atoms with Crippen LogP contribution in [0.3, 0.4) is 0 Å². The molecule has 0 radical (unpaired) electrons. The number of hydrogen-bond donors (Lipinski definition) is 1. The molecule has 3 heteroatoms. The molecule has 0 unspecified atom stereocenters. The van der Waals surface area contributed by atoms with E-state index in [2.05, 4.69) is 56.9 Å². The molecule has 1 N–H and O–H groups in total. The first-order valence-electron chi connectivity index (χ1n) is 5.29. The van der Waals surface area contributed by atoms with Crippen LogP contribution in [0.2, 0.25) is 0 Å². The molecule has 0 saturated heterocycles. The smallest absolute Gasteiger partial charge is 0.0828 e. The maximum absolute atomic E-state index is 4.30. The van der Waals surface area contributed by atoms with Gasteiger partial charge in [0, 0.05) is 18.1 Å². The molecular formula is C11H25N3. The molecule has 0 aromatic rings. The minimum atomic E-state index is 0.119. The Hall–Kier alpha value is -0.570. The van der Waals surface area contributed by atoms with Crippen molar-refractivity contribution in [1.29, 1.82) is 0 Å². The van der Waals surface area contributed by atoms with Crippen LogP contribution in [0.15, 0.2) is 4.99 Å². The van der Waals surface area contributed by atoms with E-state index in [9.17, 15) is 0 Å². The topological polar surface area (TPSA) is 27.6 Å². The van der Waals surface area contributed by atoms with E-state index in [4.69, 9.17) is 0 Å². The second-order valence-electron chi connectivity index (χ2n) is 5.00. The first kappa shape index (κ1) is 13.4. The summed E-state index contributed by atoms with van der Waals surface area (Å²) in [5.41, 5.74) is 0.119. The lowest BCUT2D eigenvalue weighted by atomic mass is 10.1. The molecule has 84 valence electrons. The summed E-state index contributed by atoms with van der Waals surface area (Å²) < 4.78 is 0. The predicted octanol–water partition coefficient (Wildman–Crippen LogP) is 1.74. The third-order valence-corrected chi connectivity index (χ3v) is 2.05. The van der Waals surface area contributed by atoms with Crippen LogP contribution in [0.4, 0.5) is 0 Å². The summed E-state index contributed by atoms with van der Waals surface area (Å²) in [7, 11) is 2.12. The van der Waals surface area contributed by atoms with Gasteiger partial charge in [0.1, 0.15) is 0 Å². The fourth-order valence-electron chi connectivity index (χ4n) is 0.778. The van der Waals surface area contributed by atoms with Gasteiger partial charge in [-0.1, -0.05) is 0 Å². The van der Waals surface area contributed by atoms with Gasteiger partial charge in [-0.25, -0.2) is 0 Å². The highest BCUT2D eigenvalue weighted by atomic mass is 15.1. The van der Waals surface area contributed by atoms with Crippen molar-refractivity contribution in [2.45, 2.75) is 46.2 Å². The van der Waals surface area contributed by atoms with Crippen molar-refractivity contribution in [3.8, 4) is 0 Å². The Labute approximate surface area is 88.6 Å². The molecule has 0 saturated carbocycles. The quantitative estimate of drug-likeness (QED) is 0.539. The van der Waals surface area contributed by atoms with Crippen molar-refractivity contribution in [2.75, 3.05) is 20.1 Å². The molecule has 3 nitrogen and oxygen atoms in total. The van der Waals surface area contributed by atoms with E-state index in [1.165, 1.54) is 0 Å². The second kappa shape index (κ2) is 6.02. The van der Waals surface area contributed by atoms with Gasteiger partial charge in [0.15, 0.2) is 0 Å². The first-order chi connectivity index (χ1) is 6.33. The highest BCUT2D eigenvalue weighted by molar-refractivity contribution is 5.55. The normalized spacial score (nSPS) is 13.1. The lowest BCUT2D eigenvalue weighted by molar-refractivity contribution is 0.282. The molecule has 0 amide bonds. The molecule has 0 heterocycles. The highest BCUT2D eigenvalue weighted by Gasteiger charge is 2.05. The van der Waals surface area contributed by atoms with Gasteiger partial charge in [-0.05, 0) is 41.7 Å². The fourth-order valence-corrected chi connectivity index (χ4v) is 0.778.